The molecule has 2 rings (SSSR count). The lowest BCUT2D eigenvalue weighted by Crippen LogP contribution is -2.45. The van der Waals surface area contributed by atoms with Crippen LogP contribution in [-0.2, 0) is 11.2 Å². The highest BCUT2D eigenvalue weighted by molar-refractivity contribution is 5.83. The average molecular weight is 316 g/mol. The molecule has 1 heterocycles. The minimum Gasteiger partial charge on any atom is -0.377 e. The average Bonchev–Trinajstić information content (AvgIpc) is 2.97. The first-order valence-electron chi connectivity index (χ1n) is 8.10. The number of rotatable bonds is 7. The minimum atomic E-state index is -0.207. The number of guanidine groups is 1. The molecule has 0 bridgehead atoms. The Morgan fingerprint density at radius 1 is 1.26 bits per heavy atom. The number of aliphatic imine (C=N–C) groups is 1. The standard InChI is InChI=1S/C18H28N4O/c1-18(2,23-4)13-22-17(19-3)20-11-7-8-14-12-21-16-10-6-5-9-15(14)16/h5-6,9-10,12,21H,7-8,11,13H2,1-4H3,(H2,19,20,22). The molecule has 0 saturated heterocycles. The predicted molar refractivity (Wildman–Crippen MR) is 97.1 cm³/mol. The highest BCUT2D eigenvalue weighted by Crippen LogP contribution is 2.18. The van der Waals surface area contributed by atoms with Gasteiger partial charge in [-0.25, -0.2) is 0 Å². The largest absolute Gasteiger partial charge is 0.377 e. The molecule has 0 spiro atoms. The van der Waals surface area contributed by atoms with Crippen molar-refractivity contribution in [1.29, 1.82) is 0 Å². The number of methoxy groups -OCH3 is 1. The fourth-order valence-corrected chi connectivity index (χ4v) is 2.41. The van der Waals surface area contributed by atoms with Crippen LogP contribution in [0.3, 0.4) is 0 Å². The molecule has 0 atom stereocenters. The van der Waals surface area contributed by atoms with E-state index in [4.69, 9.17) is 4.74 Å². The fraction of sp³-hybridized carbons (Fsp3) is 0.500. The Hall–Kier alpha value is -2.01. The van der Waals surface area contributed by atoms with Gasteiger partial charge >= 0.3 is 0 Å². The number of fused-ring (bicyclic) bond motifs is 1. The lowest BCUT2D eigenvalue weighted by molar-refractivity contribution is 0.0268. The molecular formula is C18H28N4O. The van der Waals surface area contributed by atoms with Crippen LogP contribution in [0.25, 0.3) is 10.9 Å². The molecule has 0 fully saturated rings. The number of aromatic amines is 1. The van der Waals surface area contributed by atoms with Gasteiger partial charge in [-0.2, -0.15) is 0 Å². The second-order valence-electron chi connectivity index (χ2n) is 6.28. The molecule has 126 valence electrons. The number of para-hydroxylation sites is 1. The monoisotopic (exact) mass is 316 g/mol. The van der Waals surface area contributed by atoms with Crippen LogP contribution in [0.2, 0.25) is 0 Å². The van der Waals surface area contributed by atoms with E-state index in [0.29, 0.717) is 6.54 Å². The smallest absolute Gasteiger partial charge is 0.191 e. The zero-order valence-electron chi connectivity index (χ0n) is 14.6. The summed E-state index contributed by atoms with van der Waals surface area (Å²) in [4.78, 5) is 7.56. The molecule has 0 aliphatic carbocycles. The molecule has 0 saturated carbocycles. The van der Waals surface area contributed by atoms with Crippen LogP contribution in [0.4, 0.5) is 0 Å². The lowest BCUT2D eigenvalue weighted by Gasteiger charge is -2.24. The Kier molecular flexibility index (Phi) is 6.04. The molecule has 0 aliphatic rings. The van der Waals surface area contributed by atoms with Crippen molar-refractivity contribution >= 4 is 16.9 Å². The first-order chi connectivity index (χ1) is 11.1. The van der Waals surface area contributed by atoms with Crippen LogP contribution in [0, 0.1) is 0 Å². The Morgan fingerprint density at radius 3 is 2.78 bits per heavy atom. The topological polar surface area (TPSA) is 61.4 Å². The number of H-pyrrole nitrogens is 1. The number of nitrogens with one attached hydrogen (secondary N) is 3. The van der Waals surface area contributed by atoms with Crippen LogP contribution >= 0.6 is 0 Å². The van der Waals surface area contributed by atoms with Crippen molar-refractivity contribution in [3.8, 4) is 0 Å². The van der Waals surface area contributed by atoms with Gasteiger partial charge in [0.15, 0.2) is 5.96 Å². The van der Waals surface area contributed by atoms with Crippen LogP contribution in [0.1, 0.15) is 25.8 Å². The summed E-state index contributed by atoms with van der Waals surface area (Å²) in [5.74, 6) is 0.814. The molecule has 1 aromatic heterocycles. The summed E-state index contributed by atoms with van der Waals surface area (Å²) in [5.41, 5.74) is 2.36. The Balaban J connectivity index is 1.76. The number of hydrogen-bond donors (Lipinski definition) is 3. The summed E-state index contributed by atoms with van der Waals surface area (Å²) in [6, 6.07) is 8.42. The van der Waals surface area contributed by atoms with Crippen molar-refractivity contribution in [2.24, 2.45) is 4.99 Å². The SMILES string of the molecule is CN=C(NCCCc1c[nH]c2ccccc12)NCC(C)(C)OC. The number of nitrogens with zero attached hydrogens (tertiary/aromatic N) is 1. The lowest BCUT2D eigenvalue weighted by atomic mass is 10.1. The quantitative estimate of drug-likeness (QED) is 0.418. The molecule has 23 heavy (non-hydrogen) atoms. The summed E-state index contributed by atoms with van der Waals surface area (Å²) in [6.07, 6.45) is 4.20. The number of ether oxygens (including phenoxy) is 1. The van der Waals surface area contributed by atoms with Gasteiger partial charge in [0.2, 0.25) is 0 Å². The van der Waals surface area contributed by atoms with Gasteiger partial charge in [-0.15, -0.1) is 0 Å². The zero-order chi connectivity index (χ0) is 16.7. The second kappa shape index (κ2) is 8.02. The summed E-state index contributed by atoms with van der Waals surface area (Å²) < 4.78 is 5.40. The highest BCUT2D eigenvalue weighted by Gasteiger charge is 2.16. The van der Waals surface area contributed by atoms with Gasteiger partial charge in [0.25, 0.3) is 0 Å². The van der Waals surface area contributed by atoms with Gasteiger partial charge in [0.1, 0.15) is 0 Å². The number of aromatic nitrogens is 1. The maximum atomic E-state index is 5.40. The van der Waals surface area contributed by atoms with E-state index in [1.165, 1.54) is 16.5 Å². The number of hydrogen-bond acceptors (Lipinski definition) is 2. The summed E-state index contributed by atoms with van der Waals surface area (Å²) in [7, 11) is 3.51. The van der Waals surface area contributed by atoms with Crippen molar-refractivity contribution in [3.05, 3.63) is 36.0 Å². The molecule has 3 N–H and O–H groups in total. The van der Waals surface area contributed by atoms with Crippen LogP contribution in [0.5, 0.6) is 0 Å². The van der Waals surface area contributed by atoms with Crippen molar-refractivity contribution in [2.75, 3.05) is 27.2 Å². The van der Waals surface area contributed by atoms with Crippen molar-refractivity contribution in [2.45, 2.75) is 32.3 Å². The fourth-order valence-electron chi connectivity index (χ4n) is 2.41. The van der Waals surface area contributed by atoms with E-state index in [1.807, 2.05) is 13.8 Å². The molecular weight excluding hydrogens is 288 g/mol. The summed E-state index contributed by atoms with van der Waals surface area (Å²) in [5, 5.41) is 7.96. The molecule has 0 aliphatic heterocycles. The predicted octanol–water partition coefficient (Wildman–Crippen LogP) is 2.69. The highest BCUT2D eigenvalue weighted by atomic mass is 16.5. The van der Waals surface area contributed by atoms with Crippen molar-refractivity contribution < 1.29 is 4.74 Å². The number of benzene rings is 1. The zero-order valence-corrected chi connectivity index (χ0v) is 14.6. The molecule has 2 aromatic rings. The van der Waals surface area contributed by atoms with E-state index >= 15 is 0 Å². The van der Waals surface area contributed by atoms with Crippen LogP contribution < -0.4 is 10.6 Å². The minimum absolute atomic E-state index is 0.207. The van der Waals surface area contributed by atoms with Gasteiger partial charge in [-0.05, 0) is 38.3 Å². The van der Waals surface area contributed by atoms with Gasteiger partial charge in [-0.1, -0.05) is 18.2 Å². The Labute approximate surface area is 138 Å². The maximum absolute atomic E-state index is 5.40. The van der Waals surface area contributed by atoms with E-state index in [1.54, 1.807) is 14.2 Å². The Morgan fingerprint density at radius 2 is 2.04 bits per heavy atom. The molecule has 5 nitrogen and oxygen atoms in total. The molecule has 0 radical (unpaired) electrons. The second-order valence-corrected chi connectivity index (χ2v) is 6.28. The molecule has 1 aromatic carbocycles. The van der Waals surface area contributed by atoms with Crippen LogP contribution in [0.15, 0.2) is 35.5 Å². The van der Waals surface area contributed by atoms with Gasteiger partial charge in [-0.3, -0.25) is 4.99 Å². The Bertz CT molecular complexity index is 645. The third-order valence-electron chi connectivity index (χ3n) is 4.05. The first-order valence-corrected chi connectivity index (χ1v) is 8.10. The third kappa shape index (κ3) is 4.99. The molecule has 0 unspecified atom stereocenters. The first kappa shape index (κ1) is 17.3. The number of aryl methyl sites for hydroxylation is 1. The molecule has 0 amide bonds. The molecule has 5 heteroatoms. The normalized spacial score (nSPS) is 12.6. The van der Waals surface area contributed by atoms with Gasteiger partial charge in [0.05, 0.1) is 5.60 Å². The van der Waals surface area contributed by atoms with Gasteiger partial charge < -0.3 is 20.4 Å². The summed E-state index contributed by atoms with van der Waals surface area (Å²) >= 11 is 0. The van der Waals surface area contributed by atoms with Crippen molar-refractivity contribution in [3.63, 3.8) is 0 Å². The van der Waals surface area contributed by atoms with E-state index in [9.17, 15) is 0 Å². The van der Waals surface area contributed by atoms with E-state index in [0.717, 1.165) is 25.3 Å². The van der Waals surface area contributed by atoms with Crippen LogP contribution in [-0.4, -0.2) is 43.8 Å². The van der Waals surface area contributed by atoms with Crippen molar-refractivity contribution in [1.82, 2.24) is 15.6 Å². The third-order valence-corrected chi connectivity index (χ3v) is 4.05. The van der Waals surface area contributed by atoms with E-state index in [2.05, 4.69) is 51.1 Å². The van der Waals surface area contributed by atoms with E-state index < -0.39 is 0 Å². The van der Waals surface area contributed by atoms with E-state index in [-0.39, 0.29) is 5.60 Å². The maximum Gasteiger partial charge on any atom is 0.191 e. The van der Waals surface area contributed by atoms with Gasteiger partial charge in [0, 0.05) is 44.3 Å². The summed E-state index contributed by atoms with van der Waals surface area (Å²) in [6.45, 7) is 5.69.